The Kier molecular flexibility index (Phi) is 6.82. The summed E-state index contributed by atoms with van der Waals surface area (Å²) >= 11 is 0. The van der Waals surface area contributed by atoms with Crippen LogP contribution in [-0.2, 0) is 4.74 Å². The van der Waals surface area contributed by atoms with Gasteiger partial charge in [0.25, 0.3) is 0 Å². The van der Waals surface area contributed by atoms with E-state index in [1.54, 1.807) is 0 Å². The van der Waals surface area contributed by atoms with Gasteiger partial charge < -0.3 is 22.4 Å². The first-order chi connectivity index (χ1) is 8.47. The number of hydrogen-bond donors (Lipinski definition) is 0. The van der Waals surface area contributed by atoms with Gasteiger partial charge in [0.1, 0.15) is 11.9 Å². The van der Waals surface area contributed by atoms with E-state index in [2.05, 4.69) is 0 Å². The van der Waals surface area contributed by atoms with Crippen LogP contribution in [0.3, 0.4) is 0 Å². The molecule has 0 aliphatic carbocycles. The number of rotatable bonds is 3. The fourth-order valence-corrected chi connectivity index (χ4v) is 1.86. The van der Waals surface area contributed by atoms with Crippen molar-refractivity contribution in [3.05, 3.63) is 24.0 Å². The molecule has 1 aliphatic heterocycles. The number of benzene rings is 1. The minimum atomic E-state index is -5.28. The molecule has 1 heterocycles. The molecule has 2 nitrogen and oxygen atoms in total. The molecule has 0 amide bonds. The van der Waals surface area contributed by atoms with Crippen LogP contribution in [-0.4, -0.2) is 26.3 Å². The molecule has 0 atom stereocenters. The minimum absolute atomic E-state index is 0. The van der Waals surface area contributed by atoms with E-state index < -0.39 is 18.3 Å². The molecule has 19 heavy (non-hydrogen) atoms. The van der Waals surface area contributed by atoms with Crippen LogP contribution in [0.15, 0.2) is 18.2 Å². The largest absolute Gasteiger partial charge is 1.00 e. The molecule has 0 bridgehead atoms. The molecule has 1 aromatic carbocycles. The van der Waals surface area contributed by atoms with Crippen LogP contribution < -0.4 is 61.6 Å². The molecule has 0 saturated carbocycles. The van der Waals surface area contributed by atoms with Crippen LogP contribution in [0, 0.1) is 5.82 Å². The predicted molar refractivity (Wildman–Crippen MR) is 59.6 cm³/mol. The molecule has 1 saturated heterocycles. The third kappa shape index (κ3) is 5.02. The molecule has 1 aromatic rings. The molecule has 0 N–H and O–H groups in total. The summed E-state index contributed by atoms with van der Waals surface area (Å²) in [6, 6.07) is 2.49. The Morgan fingerprint density at radius 1 is 1.16 bits per heavy atom. The summed E-state index contributed by atoms with van der Waals surface area (Å²) in [6.45, 7) is -4.34. The first-order valence-corrected chi connectivity index (χ1v) is 5.70. The van der Waals surface area contributed by atoms with Gasteiger partial charge in [-0.25, -0.2) is 4.39 Å². The average molecular weight is 302 g/mol. The van der Waals surface area contributed by atoms with Gasteiger partial charge in [0.05, 0.1) is 19.0 Å². The van der Waals surface area contributed by atoms with Crippen LogP contribution >= 0.6 is 0 Å². The topological polar surface area (TPSA) is 18.5 Å². The first kappa shape index (κ1) is 17.5. The Labute approximate surface area is 151 Å². The van der Waals surface area contributed by atoms with Gasteiger partial charge in [0.2, 0.25) is 0 Å². The van der Waals surface area contributed by atoms with Crippen LogP contribution in [0.2, 0.25) is 0 Å². The summed E-state index contributed by atoms with van der Waals surface area (Å²) in [4.78, 5) is 0. The molecule has 2 rings (SSSR count). The second-order valence-electron chi connectivity index (χ2n) is 4.19. The standard InChI is InChI=1S/C11H12BF4O2.K/c13-8-1-2-11(10(7-8)12(14,15)16)18-9-3-5-17-6-4-9;/h1-2,7,9H,3-6H2;/q-1;+1. The van der Waals surface area contributed by atoms with E-state index in [-0.39, 0.29) is 63.2 Å². The smallest absolute Gasteiger partial charge is 0.493 e. The summed E-state index contributed by atoms with van der Waals surface area (Å²) in [5, 5.41) is 0. The first-order valence-electron chi connectivity index (χ1n) is 5.70. The minimum Gasteiger partial charge on any atom is -0.493 e. The molecular formula is C11H12BF4KO2. The fourth-order valence-electron chi connectivity index (χ4n) is 1.86. The van der Waals surface area contributed by atoms with E-state index >= 15 is 0 Å². The second-order valence-corrected chi connectivity index (χ2v) is 4.19. The zero-order chi connectivity index (χ0) is 13.2. The van der Waals surface area contributed by atoms with Crippen molar-refractivity contribution in [2.45, 2.75) is 18.9 Å². The van der Waals surface area contributed by atoms with Gasteiger partial charge in [0.15, 0.2) is 0 Å². The fraction of sp³-hybridized carbons (Fsp3) is 0.455. The van der Waals surface area contributed by atoms with E-state index in [0.717, 1.165) is 12.1 Å². The molecule has 0 aromatic heterocycles. The third-order valence-electron chi connectivity index (χ3n) is 2.79. The van der Waals surface area contributed by atoms with Crippen molar-refractivity contribution in [2.75, 3.05) is 13.2 Å². The van der Waals surface area contributed by atoms with Gasteiger partial charge in [-0.3, -0.25) is 0 Å². The molecule has 1 aliphatic rings. The summed E-state index contributed by atoms with van der Waals surface area (Å²) in [6.07, 6.45) is 0.782. The molecule has 8 heteroatoms. The average Bonchev–Trinajstić information content (AvgIpc) is 2.31. The summed E-state index contributed by atoms with van der Waals surface area (Å²) in [7, 11) is 0. The second kappa shape index (κ2) is 7.42. The van der Waals surface area contributed by atoms with Crippen LogP contribution in [0.25, 0.3) is 0 Å². The Morgan fingerprint density at radius 3 is 2.37 bits per heavy atom. The van der Waals surface area contributed by atoms with Crippen molar-refractivity contribution < 1.29 is 78.2 Å². The summed E-state index contributed by atoms with van der Waals surface area (Å²) < 4.78 is 61.6. The van der Waals surface area contributed by atoms with Gasteiger partial charge in [-0.2, -0.15) is 0 Å². The third-order valence-corrected chi connectivity index (χ3v) is 2.79. The van der Waals surface area contributed by atoms with E-state index in [0.29, 0.717) is 32.1 Å². The summed E-state index contributed by atoms with van der Waals surface area (Å²) in [5.74, 6) is -1.21. The SMILES string of the molecule is Fc1ccc(OC2CCOCC2)c([B-](F)(F)F)c1.[K+]. The quantitative estimate of drug-likeness (QED) is 0.551. The van der Waals surface area contributed by atoms with Crippen molar-refractivity contribution in [3.8, 4) is 5.75 Å². The molecule has 0 radical (unpaired) electrons. The van der Waals surface area contributed by atoms with E-state index in [1.807, 2.05) is 0 Å². The Balaban J connectivity index is 0.00000180. The number of ether oxygens (including phenoxy) is 2. The van der Waals surface area contributed by atoms with Gasteiger partial charge in [-0.15, -0.1) is 0 Å². The number of halogens is 4. The zero-order valence-corrected chi connectivity index (χ0v) is 13.7. The molecule has 1 fully saturated rings. The van der Waals surface area contributed by atoms with Crippen LogP contribution in [0.4, 0.5) is 17.3 Å². The van der Waals surface area contributed by atoms with E-state index in [4.69, 9.17) is 9.47 Å². The summed E-state index contributed by atoms with van der Waals surface area (Å²) in [5.41, 5.74) is -1.01. The van der Waals surface area contributed by atoms with Crippen molar-refractivity contribution in [2.24, 2.45) is 0 Å². The van der Waals surface area contributed by atoms with Crippen molar-refractivity contribution >= 4 is 12.4 Å². The molecular weight excluding hydrogens is 290 g/mol. The van der Waals surface area contributed by atoms with E-state index in [9.17, 15) is 17.3 Å². The van der Waals surface area contributed by atoms with Gasteiger partial charge in [0, 0.05) is 12.8 Å². The zero-order valence-electron chi connectivity index (χ0n) is 10.5. The maximum absolute atomic E-state index is 12.9. The Hall–Kier alpha value is 0.401. The van der Waals surface area contributed by atoms with Crippen molar-refractivity contribution in [1.29, 1.82) is 0 Å². The van der Waals surface area contributed by atoms with Crippen molar-refractivity contribution in [3.63, 3.8) is 0 Å². The monoisotopic (exact) mass is 302 g/mol. The van der Waals surface area contributed by atoms with Crippen molar-refractivity contribution in [1.82, 2.24) is 0 Å². The molecule has 0 spiro atoms. The maximum Gasteiger partial charge on any atom is 1.00 e. The Morgan fingerprint density at radius 2 is 1.79 bits per heavy atom. The van der Waals surface area contributed by atoms with Crippen LogP contribution in [0.5, 0.6) is 5.75 Å². The van der Waals surface area contributed by atoms with Gasteiger partial charge in [-0.05, 0) is 18.2 Å². The normalized spacial score (nSPS) is 16.8. The predicted octanol–water partition coefficient (Wildman–Crippen LogP) is -0.558. The Bertz CT molecular complexity index is 422. The maximum atomic E-state index is 12.9. The van der Waals surface area contributed by atoms with E-state index in [1.165, 1.54) is 0 Å². The molecule has 0 unspecified atom stereocenters. The number of hydrogen-bond acceptors (Lipinski definition) is 2. The van der Waals surface area contributed by atoms with Gasteiger partial charge in [-0.1, -0.05) is 5.46 Å². The molecule has 100 valence electrons. The van der Waals surface area contributed by atoms with Gasteiger partial charge >= 0.3 is 58.4 Å². The van der Waals surface area contributed by atoms with Crippen LogP contribution in [0.1, 0.15) is 12.8 Å².